The number of ether oxygens (including phenoxy) is 2. The van der Waals surface area contributed by atoms with Gasteiger partial charge in [-0.2, -0.15) is 0 Å². The molecular formula is C22H29N7O3S. The fourth-order valence-electron chi connectivity index (χ4n) is 3.77. The minimum Gasteiger partial charge on any atom is -0.481 e. The van der Waals surface area contributed by atoms with Crippen LogP contribution in [-0.4, -0.2) is 59.0 Å². The Kier molecular flexibility index (Phi) is 7.29. The number of pyridine rings is 1. The number of hydrogen-bond donors (Lipinski definition) is 1. The molecule has 1 aliphatic rings. The highest BCUT2D eigenvalue weighted by Gasteiger charge is 2.30. The zero-order valence-corrected chi connectivity index (χ0v) is 20.1. The monoisotopic (exact) mass is 471 g/mol. The lowest BCUT2D eigenvalue weighted by atomic mass is 10.1. The standard InChI is InChI=1S/C22H29N7O3S/c1-14-12-23-19(24-13-14)11-15(2)33(30)28-22-27-26-21(17-7-5-9-20(25-17)31-4)29(22)16(3)18-8-6-10-32-18/h5,7,9,12-13,15-16,18H,6,8,10-11H2,1-4H3,(H,27,28). The van der Waals surface area contributed by atoms with Crippen molar-refractivity contribution in [2.75, 3.05) is 18.4 Å². The number of anilines is 1. The van der Waals surface area contributed by atoms with Gasteiger partial charge in [0.2, 0.25) is 11.8 Å². The van der Waals surface area contributed by atoms with Crippen LogP contribution in [0.25, 0.3) is 11.5 Å². The first-order valence-corrected chi connectivity index (χ1v) is 12.2. The molecule has 0 aromatic carbocycles. The van der Waals surface area contributed by atoms with Crippen molar-refractivity contribution in [3.8, 4) is 17.4 Å². The maximum Gasteiger partial charge on any atom is 0.237 e. The van der Waals surface area contributed by atoms with E-state index in [2.05, 4.69) is 36.8 Å². The molecule has 1 aliphatic heterocycles. The molecule has 0 spiro atoms. The van der Waals surface area contributed by atoms with E-state index in [1.54, 1.807) is 25.6 Å². The quantitative estimate of drug-likeness (QED) is 0.506. The van der Waals surface area contributed by atoms with Gasteiger partial charge in [-0.05, 0) is 45.2 Å². The van der Waals surface area contributed by atoms with Crippen LogP contribution >= 0.6 is 0 Å². The molecule has 0 saturated carbocycles. The highest BCUT2D eigenvalue weighted by Crippen LogP contribution is 2.31. The Morgan fingerprint density at radius 2 is 2.06 bits per heavy atom. The molecule has 1 fully saturated rings. The largest absolute Gasteiger partial charge is 0.481 e. The van der Waals surface area contributed by atoms with E-state index >= 15 is 0 Å². The highest BCUT2D eigenvalue weighted by atomic mass is 32.2. The summed E-state index contributed by atoms with van der Waals surface area (Å²) in [5, 5.41) is 8.46. The predicted molar refractivity (Wildman–Crippen MR) is 125 cm³/mol. The number of aryl methyl sites for hydroxylation is 1. The predicted octanol–water partition coefficient (Wildman–Crippen LogP) is 2.89. The average Bonchev–Trinajstić information content (AvgIpc) is 3.51. The molecule has 1 saturated heterocycles. The smallest absolute Gasteiger partial charge is 0.237 e. The maximum absolute atomic E-state index is 13.1. The zero-order valence-electron chi connectivity index (χ0n) is 19.3. The van der Waals surface area contributed by atoms with E-state index in [1.165, 1.54) is 0 Å². The van der Waals surface area contributed by atoms with Gasteiger partial charge >= 0.3 is 0 Å². The fraction of sp³-hybridized carbons (Fsp3) is 0.500. The second kappa shape index (κ2) is 10.3. The second-order valence-corrected chi connectivity index (χ2v) is 9.77. The second-order valence-electron chi connectivity index (χ2n) is 8.17. The van der Waals surface area contributed by atoms with Gasteiger partial charge in [0.1, 0.15) is 22.5 Å². The van der Waals surface area contributed by atoms with E-state index in [-0.39, 0.29) is 17.4 Å². The Bertz CT molecular complexity index is 1100. The molecule has 4 atom stereocenters. The van der Waals surface area contributed by atoms with Crippen molar-refractivity contribution in [1.82, 2.24) is 29.7 Å². The molecule has 11 heteroatoms. The first-order valence-electron chi connectivity index (χ1n) is 11.0. The summed E-state index contributed by atoms with van der Waals surface area (Å²) in [4.78, 5) is 13.2. The van der Waals surface area contributed by atoms with Crippen LogP contribution in [0, 0.1) is 6.92 Å². The molecule has 3 aromatic rings. The van der Waals surface area contributed by atoms with Gasteiger partial charge in [-0.25, -0.2) is 19.2 Å². The van der Waals surface area contributed by atoms with Crippen LogP contribution in [0.15, 0.2) is 30.6 Å². The van der Waals surface area contributed by atoms with Crippen molar-refractivity contribution >= 4 is 16.9 Å². The lowest BCUT2D eigenvalue weighted by Crippen LogP contribution is -2.27. The Labute approximate surface area is 195 Å². The van der Waals surface area contributed by atoms with E-state index < -0.39 is 11.0 Å². The van der Waals surface area contributed by atoms with Gasteiger partial charge in [-0.1, -0.05) is 6.07 Å². The van der Waals surface area contributed by atoms with Gasteiger partial charge in [-0.15, -0.1) is 10.2 Å². The van der Waals surface area contributed by atoms with Gasteiger partial charge in [0, 0.05) is 31.5 Å². The molecule has 10 nitrogen and oxygen atoms in total. The summed E-state index contributed by atoms with van der Waals surface area (Å²) < 4.78 is 29.3. The van der Waals surface area contributed by atoms with Gasteiger partial charge in [0.25, 0.3) is 0 Å². The van der Waals surface area contributed by atoms with Crippen LogP contribution in [0.2, 0.25) is 0 Å². The van der Waals surface area contributed by atoms with Crippen LogP contribution in [-0.2, 0) is 22.1 Å². The Balaban J connectivity index is 1.60. The number of aromatic nitrogens is 6. The molecule has 3 aromatic heterocycles. The van der Waals surface area contributed by atoms with Crippen LogP contribution < -0.4 is 9.46 Å². The van der Waals surface area contributed by atoms with Gasteiger partial charge < -0.3 is 9.47 Å². The molecule has 4 rings (SSSR count). The molecule has 4 unspecified atom stereocenters. The summed E-state index contributed by atoms with van der Waals surface area (Å²) >= 11 is 0. The van der Waals surface area contributed by atoms with Crippen LogP contribution in [0.5, 0.6) is 5.88 Å². The summed E-state index contributed by atoms with van der Waals surface area (Å²) in [6, 6.07) is 5.40. The molecule has 0 aliphatic carbocycles. The molecule has 4 heterocycles. The lowest BCUT2D eigenvalue weighted by molar-refractivity contribution is 0.0743. The molecule has 33 heavy (non-hydrogen) atoms. The third-order valence-electron chi connectivity index (χ3n) is 5.63. The Hall–Kier alpha value is -2.92. The van der Waals surface area contributed by atoms with E-state index in [9.17, 15) is 4.21 Å². The molecule has 0 bridgehead atoms. The minimum absolute atomic E-state index is 0.0118. The zero-order chi connectivity index (χ0) is 23.4. The van der Waals surface area contributed by atoms with Gasteiger partial charge in [0.15, 0.2) is 5.82 Å². The van der Waals surface area contributed by atoms with E-state index in [0.29, 0.717) is 35.6 Å². The van der Waals surface area contributed by atoms with Crippen LogP contribution in [0.1, 0.15) is 44.1 Å². The third kappa shape index (κ3) is 5.36. The van der Waals surface area contributed by atoms with Crippen LogP contribution in [0.4, 0.5) is 5.95 Å². The average molecular weight is 472 g/mol. The maximum atomic E-state index is 13.1. The van der Waals surface area contributed by atoms with Gasteiger partial charge in [-0.3, -0.25) is 9.29 Å². The number of nitrogens with one attached hydrogen (secondary N) is 1. The first-order chi connectivity index (χ1) is 16.0. The van der Waals surface area contributed by atoms with Crippen molar-refractivity contribution in [3.63, 3.8) is 0 Å². The third-order valence-corrected chi connectivity index (χ3v) is 6.91. The molecule has 0 radical (unpaired) electrons. The lowest BCUT2D eigenvalue weighted by Gasteiger charge is -2.23. The molecule has 0 amide bonds. The van der Waals surface area contributed by atoms with Gasteiger partial charge in [0.05, 0.1) is 24.5 Å². The summed E-state index contributed by atoms with van der Waals surface area (Å²) in [6.07, 6.45) is 5.95. The molecule has 1 N–H and O–H groups in total. The summed E-state index contributed by atoms with van der Waals surface area (Å²) in [5.41, 5.74) is 1.60. The first kappa shape index (κ1) is 23.2. The summed E-state index contributed by atoms with van der Waals surface area (Å²) in [5.74, 6) is 2.11. The highest BCUT2D eigenvalue weighted by molar-refractivity contribution is 7.86. The Morgan fingerprint density at radius 1 is 1.27 bits per heavy atom. The van der Waals surface area contributed by atoms with Crippen molar-refractivity contribution in [1.29, 1.82) is 0 Å². The SMILES string of the molecule is COc1cccc(-c2nnc(NS(=O)C(C)Cc3ncc(C)cn3)n2C(C)C2CCCO2)n1. The number of rotatable bonds is 9. The molecular weight excluding hydrogens is 442 g/mol. The van der Waals surface area contributed by atoms with Crippen LogP contribution in [0.3, 0.4) is 0 Å². The summed E-state index contributed by atoms with van der Waals surface area (Å²) in [6.45, 7) is 6.61. The van der Waals surface area contributed by atoms with Crippen molar-refractivity contribution in [2.24, 2.45) is 0 Å². The van der Waals surface area contributed by atoms with E-state index in [4.69, 9.17) is 9.47 Å². The van der Waals surface area contributed by atoms with Crippen molar-refractivity contribution in [3.05, 3.63) is 42.0 Å². The Morgan fingerprint density at radius 3 is 2.76 bits per heavy atom. The molecule has 176 valence electrons. The van der Waals surface area contributed by atoms with Crippen molar-refractivity contribution in [2.45, 2.75) is 57.4 Å². The number of nitrogens with zero attached hydrogens (tertiary/aromatic N) is 6. The number of methoxy groups -OCH3 is 1. The topological polar surface area (TPSA) is 117 Å². The summed E-state index contributed by atoms with van der Waals surface area (Å²) in [7, 11) is 0.132. The normalized spacial score (nSPS) is 18.6. The fourth-order valence-corrected chi connectivity index (χ4v) is 4.59. The van der Waals surface area contributed by atoms with Crippen molar-refractivity contribution < 1.29 is 13.7 Å². The van der Waals surface area contributed by atoms with E-state index in [0.717, 1.165) is 25.0 Å². The van der Waals surface area contributed by atoms with E-state index in [1.807, 2.05) is 30.5 Å². The number of hydrogen-bond acceptors (Lipinski definition) is 8. The minimum atomic E-state index is -1.44.